The van der Waals surface area contributed by atoms with Crippen molar-refractivity contribution in [2.75, 3.05) is 4.90 Å². The zero-order chi connectivity index (χ0) is 38.4. The van der Waals surface area contributed by atoms with Gasteiger partial charge in [0, 0.05) is 31.5 Å². The Bertz CT molecular complexity index is 3270. The zero-order valence-electron chi connectivity index (χ0n) is 31.7. The van der Waals surface area contributed by atoms with Crippen LogP contribution in [0.2, 0.25) is 0 Å². The Hall–Kier alpha value is -7.26. The molecule has 0 saturated heterocycles. The van der Waals surface area contributed by atoms with E-state index in [4.69, 9.17) is 0 Å². The summed E-state index contributed by atoms with van der Waals surface area (Å²) in [5, 5.41) is 7.57. The molecule has 0 aliphatic heterocycles. The number of thiophene rings is 1. The summed E-state index contributed by atoms with van der Waals surface area (Å²) in [7, 11) is 0. The summed E-state index contributed by atoms with van der Waals surface area (Å²) in [6.45, 7) is 0. The second-order valence-corrected chi connectivity index (χ2v) is 16.0. The van der Waals surface area contributed by atoms with Gasteiger partial charge in [-0.15, -0.1) is 11.3 Å². The topological polar surface area (TPSA) is 3.24 Å². The molecule has 0 N–H and O–H groups in total. The number of anilines is 3. The number of nitrogens with zero attached hydrogens (tertiary/aromatic N) is 1. The van der Waals surface area contributed by atoms with Gasteiger partial charge in [0.1, 0.15) is 0 Å². The number of fused-ring (bicyclic) bond motifs is 5. The average molecular weight is 756 g/mol. The second-order valence-electron chi connectivity index (χ2n) is 14.9. The quantitative estimate of drug-likeness (QED) is 0.157. The molecule has 0 aliphatic rings. The van der Waals surface area contributed by atoms with Gasteiger partial charge in [-0.1, -0.05) is 170 Å². The van der Waals surface area contributed by atoms with E-state index in [1.165, 1.54) is 91.9 Å². The molecule has 0 spiro atoms. The fourth-order valence-corrected chi connectivity index (χ4v) is 9.75. The van der Waals surface area contributed by atoms with Crippen LogP contribution in [-0.4, -0.2) is 0 Å². The maximum Gasteiger partial charge on any atom is 0.0554 e. The first kappa shape index (κ1) is 34.0. The third-order valence-electron chi connectivity index (χ3n) is 11.5. The maximum atomic E-state index is 2.43. The van der Waals surface area contributed by atoms with Gasteiger partial charge in [-0.3, -0.25) is 0 Å². The van der Waals surface area contributed by atoms with Crippen LogP contribution < -0.4 is 4.90 Å². The lowest BCUT2D eigenvalue weighted by Gasteiger charge is -2.27. The van der Waals surface area contributed by atoms with E-state index in [0.29, 0.717) is 0 Å². The van der Waals surface area contributed by atoms with E-state index in [2.05, 4.69) is 229 Å². The van der Waals surface area contributed by atoms with Crippen LogP contribution in [0.25, 0.3) is 86.2 Å². The van der Waals surface area contributed by atoms with Crippen molar-refractivity contribution in [2.45, 2.75) is 0 Å². The molecule has 0 amide bonds. The molecule has 1 heterocycles. The summed E-state index contributed by atoms with van der Waals surface area (Å²) in [6.07, 6.45) is 0. The normalized spacial score (nSPS) is 11.4. The van der Waals surface area contributed by atoms with E-state index in [1.807, 2.05) is 11.3 Å². The first-order valence-electron chi connectivity index (χ1n) is 19.8. The van der Waals surface area contributed by atoms with Gasteiger partial charge < -0.3 is 4.90 Å². The lowest BCUT2D eigenvalue weighted by molar-refractivity contribution is 1.30. The Morgan fingerprint density at radius 1 is 0.293 bits per heavy atom. The molecule has 10 aromatic carbocycles. The minimum absolute atomic E-state index is 1.11. The van der Waals surface area contributed by atoms with Gasteiger partial charge in [0.2, 0.25) is 0 Å². The van der Waals surface area contributed by atoms with Crippen molar-refractivity contribution in [1.82, 2.24) is 0 Å². The summed E-state index contributed by atoms with van der Waals surface area (Å²) >= 11 is 1.86. The molecule has 2 heteroatoms. The van der Waals surface area contributed by atoms with Crippen molar-refractivity contribution >= 4 is 70.1 Å². The zero-order valence-corrected chi connectivity index (χ0v) is 32.5. The number of rotatable bonds is 7. The highest BCUT2D eigenvalue weighted by atomic mass is 32.1. The second kappa shape index (κ2) is 14.4. The van der Waals surface area contributed by atoms with Crippen molar-refractivity contribution in [1.29, 1.82) is 0 Å². The lowest BCUT2D eigenvalue weighted by atomic mass is 9.93. The van der Waals surface area contributed by atoms with E-state index in [1.54, 1.807) is 0 Å². The van der Waals surface area contributed by atoms with Crippen LogP contribution in [0, 0.1) is 0 Å². The predicted octanol–water partition coefficient (Wildman–Crippen LogP) is 16.5. The van der Waals surface area contributed by atoms with Gasteiger partial charge in [0.05, 0.1) is 5.69 Å². The molecule has 0 bridgehead atoms. The van der Waals surface area contributed by atoms with Gasteiger partial charge >= 0.3 is 0 Å². The molecule has 1 aromatic heterocycles. The monoisotopic (exact) mass is 755 g/mol. The van der Waals surface area contributed by atoms with Gasteiger partial charge in [0.15, 0.2) is 0 Å². The van der Waals surface area contributed by atoms with E-state index in [9.17, 15) is 0 Å². The van der Waals surface area contributed by atoms with E-state index >= 15 is 0 Å². The summed E-state index contributed by atoms with van der Waals surface area (Å²) in [6, 6.07) is 81.9. The third-order valence-corrected chi connectivity index (χ3v) is 12.6. The molecule has 58 heavy (non-hydrogen) atoms. The predicted molar refractivity (Wildman–Crippen MR) is 251 cm³/mol. The molecule has 0 unspecified atom stereocenters. The summed E-state index contributed by atoms with van der Waals surface area (Å²) < 4.78 is 2.58. The van der Waals surface area contributed by atoms with Crippen LogP contribution in [-0.2, 0) is 0 Å². The summed E-state index contributed by atoms with van der Waals surface area (Å²) in [5.74, 6) is 0. The molecular weight excluding hydrogens is 719 g/mol. The standard InChI is InChI=1S/C56H37NS/c1-2-13-40(14-3-1)48-17-6-7-18-49(48)42-30-34-47(35-31-42)57(53-21-11-23-55-56(53)51-19-8-9-22-54(51)58-55)46-32-28-39(29-33-46)44-26-25-41-16-10-20-50(52(41)37-44)45-27-24-38-12-4-5-15-43(38)36-45/h1-37H. The van der Waals surface area contributed by atoms with Crippen molar-refractivity contribution in [2.24, 2.45) is 0 Å². The molecule has 0 radical (unpaired) electrons. The van der Waals surface area contributed by atoms with E-state index in [0.717, 1.165) is 11.4 Å². The maximum absolute atomic E-state index is 2.43. The van der Waals surface area contributed by atoms with E-state index in [-0.39, 0.29) is 0 Å². The first-order chi connectivity index (χ1) is 28.7. The minimum Gasteiger partial charge on any atom is -0.310 e. The van der Waals surface area contributed by atoms with Crippen LogP contribution in [0.5, 0.6) is 0 Å². The van der Waals surface area contributed by atoms with Crippen LogP contribution in [0.3, 0.4) is 0 Å². The summed E-state index contributed by atoms with van der Waals surface area (Å²) in [5.41, 5.74) is 13.1. The lowest BCUT2D eigenvalue weighted by Crippen LogP contribution is -2.10. The largest absolute Gasteiger partial charge is 0.310 e. The molecule has 0 aliphatic carbocycles. The van der Waals surface area contributed by atoms with Gasteiger partial charge in [-0.2, -0.15) is 0 Å². The molecule has 0 atom stereocenters. The summed E-state index contributed by atoms with van der Waals surface area (Å²) in [4.78, 5) is 2.43. The Kier molecular flexibility index (Phi) is 8.42. The average Bonchev–Trinajstić information content (AvgIpc) is 3.69. The third kappa shape index (κ3) is 6.03. The van der Waals surface area contributed by atoms with Gasteiger partial charge in [-0.25, -0.2) is 0 Å². The van der Waals surface area contributed by atoms with E-state index < -0.39 is 0 Å². The van der Waals surface area contributed by atoms with Crippen LogP contribution in [0.15, 0.2) is 224 Å². The molecule has 11 rings (SSSR count). The number of hydrogen-bond donors (Lipinski definition) is 0. The fourth-order valence-electron chi connectivity index (χ4n) is 8.63. The SMILES string of the molecule is c1ccc(-c2ccccc2-c2ccc(N(c3ccc(-c4ccc5cccc(-c6ccc7ccccc7c6)c5c4)cc3)c3cccc4sc5ccccc5c34)cc2)cc1. The van der Waals surface area contributed by atoms with Gasteiger partial charge in [0.25, 0.3) is 0 Å². The van der Waals surface area contributed by atoms with Crippen LogP contribution in [0.4, 0.5) is 17.1 Å². The molecule has 0 saturated carbocycles. The van der Waals surface area contributed by atoms with Crippen LogP contribution in [0.1, 0.15) is 0 Å². The highest BCUT2D eigenvalue weighted by Gasteiger charge is 2.19. The van der Waals surface area contributed by atoms with Crippen molar-refractivity contribution in [3.8, 4) is 44.5 Å². The molecule has 11 aromatic rings. The van der Waals surface area contributed by atoms with Crippen molar-refractivity contribution < 1.29 is 0 Å². The van der Waals surface area contributed by atoms with Crippen molar-refractivity contribution in [3.05, 3.63) is 224 Å². The molecule has 1 nitrogen and oxygen atoms in total. The van der Waals surface area contributed by atoms with Crippen LogP contribution >= 0.6 is 11.3 Å². The Labute approximate surface area is 342 Å². The highest BCUT2D eigenvalue weighted by Crippen LogP contribution is 2.46. The minimum atomic E-state index is 1.11. The molecular formula is C56H37NS. The molecule has 272 valence electrons. The Morgan fingerprint density at radius 2 is 0.845 bits per heavy atom. The molecule has 0 fully saturated rings. The number of benzene rings is 10. The first-order valence-corrected chi connectivity index (χ1v) is 20.6. The van der Waals surface area contributed by atoms with Crippen molar-refractivity contribution in [3.63, 3.8) is 0 Å². The highest BCUT2D eigenvalue weighted by molar-refractivity contribution is 7.26. The smallest absolute Gasteiger partial charge is 0.0554 e. The fraction of sp³-hybridized carbons (Fsp3) is 0. The Balaban J connectivity index is 1.01. The number of hydrogen-bond acceptors (Lipinski definition) is 2. The Morgan fingerprint density at radius 3 is 1.64 bits per heavy atom. The van der Waals surface area contributed by atoms with Gasteiger partial charge in [-0.05, 0) is 121 Å².